The molecule has 0 heterocycles. The van der Waals surface area contributed by atoms with E-state index in [-0.39, 0.29) is 6.04 Å². The normalized spacial score (nSPS) is 12.0. The predicted molar refractivity (Wildman–Crippen MR) is 89.6 cm³/mol. The molecule has 0 aromatic heterocycles. The monoisotopic (exact) mass is 369 g/mol. The van der Waals surface area contributed by atoms with Gasteiger partial charge in [-0.1, -0.05) is 33.6 Å². The van der Waals surface area contributed by atoms with Gasteiger partial charge >= 0.3 is 0 Å². The maximum atomic E-state index is 6.37. The van der Waals surface area contributed by atoms with Crippen molar-refractivity contribution in [2.45, 2.75) is 6.04 Å². The van der Waals surface area contributed by atoms with E-state index in [0.717, 1.165) is 27.1 Å². The Balaban J connectivity index is 2.50. The van der Waals surface area contributed by atoms with Crippen molar-refractivity contribution in [3.63, 3.8) is 0 Å². The highest BCUT2D eigenvalue weighted by molar-refractivity contribution is 9.10. The highest BCUT2D eigenvalue weighted by Gasteiger charge is 2.17. The van der Waals surface area contributed by atoms with Crippen molar-refractivity contribution in [2.75, 3.05) is 21.3 Å². The minimum absolute atomic E-state index is 0.0467. The molecular weight excluding hydrogens is 354 g/mol. The predicted octanol–water partition coefficient (Wildman–Crippen LogP) is 4.43. The highest BCUT2D eigenvalue weighted by Crippen LogP contribution is 2.34. The van der Waals surface area contributed by atoms with Crippen molar-refractivity contribution in [3.8, 4) is 11.5 Å². The Labute approximate surface area is 138 Å². The van der Waals surface area contributed by atoms with Crippen LogP contribution in [0.2, 0.25) is 5.02 Å². The van der Waals surface area contributed by atoms with E-state index in [1.54, 1.807) is 14.2 Å². The fourth-order valence-corrected chi connectivity index (χ4v) is 3.02. The Hall–Kier alpha value is -1.23. The molecule has 0 aliphatic rings. The van der Waals surface area contributed by atoms with Crippen LogP contribution in [0, 0.1) is 0 Å². The second kappa shape index (κ2) is 7.16. The van der Waals surface area contributed by atoms with Gasteiger partial charge < -0.3 is 14.8 Å². The molecule has 0 saturated carbocycles. The van der Waals surface area contributed by atoms with Crippen LogP contribution < -0.4 is 14.8 Å². The van der Waals surface area contributed by atoms with E-state index in [1.165, 1.54) is 0 Å². The maximum Gasteiger partial charge on any atom is 0.122 e. The molecule has 21 heavy (non-hydrogen) atoms. The zero-order chi connectivity index (χ0) is 15.4. The standard InChI is InChI=1S/C16H17BrClNO2/c1-19-16(14-5-4-11(17)8-15(14)18)10-6-12(20-2)9-13(7-10)21-3/h4-9,16,19H,1-3H3. The van der Waals surface area contributed by atoms with E-state index >= 15 is 0 Å². The molecule has 0 saturated heterocycles. The second-order valence-electron chi connectivity index (χ2n) is 4.53. The summed E-state index contributed by atoms with van der Waals surface area (Å²) in [7, 11) is 5.17. The molecule has 1 atom stereocenters. The van der Waals surface area contributed by atoms with E-state index in [9.17, 15) is 0 Å². The van der Waals surface area contributed by atoms with E-state index in [1.807, 2.05) is 43.4 Å². The van der Waals surface area contributed by atoms with Crippen LogP contribution in [-0.4, -0.2) is 21.3 Å². The lowest BCUT2D eigenvalue weighted by molar-refractivity contribution is 0.392. The van der Waals surface area contributed by atoms with Crippen LogP contribution in [0.4, 0.5) is 0 Å². The number of halogens is 2. The first-order chi connectivity index (χ1) is 10.1. The lowest BCUT2D eigenvalue weighted by atomic mass is 9.98. The zero-order valence-electron chi connectivity index (χ0n) is 12.1. The van der Waals surface area contributed by atoms with Gasteiger partial charge in [-0.2, -0.15) is 0 Å². The number of ether oxygens (including phenoxy) is 2. The Bertz CT molecular complexity index is 611. The smallest absolute Gasteiger partial charge is 0.122 e. The molecule has 112 valence electrons. The molecule has 1 unspecified atom stereocenters. The summed E-state index contributed by atoms with van der Waals surface area (Å²) in [6.07, 6.45) is 0. The molecule has 0 aliphatic heterocycles. The average molecular weight is 371 g/mol. The topological polar surface area (TPSA) is 30.5 Å². The minimum atomic E-state index is -0.0467. The summed E-state index contributed by atoms with van der Waals surface area (Å²) in [4.78, 5) is 0. The van der Waals surface area contributed by atoms with Gasteiger partial charge in [-0.25, -0.2) is 0 Å². The number of hydrogen-bond acceptors (Lipinski definition) is 3. The number of rotatable bonds is 5. The van der Waals surface area contributed by atoms with Gasteiger partial charge in [-0.05, 0) is 42.4 Å². The quantitative estimate of drug-likeness (QED) is 0.844. The van der Waals surface area contributed by atoms with Crippen LogP contribution in [0.15, 0.2) is 40.9 Å². The van der Waals surface area contributed by atoms with E-state index in [0.29, 0.717) is 5.02 Å². The van der Waals surface area contributed by atoms with Crippen molar-refractivity contribution in [1.82, 2.24) is 5.32 Å². The molecule has 2 rings (SSSR count). The van der Waals surface area contributed by atoms with Crippen molar-refractivity contribution in [3.05, 3.63) is 57.0 Å². The maximum absolute atomic E-state index is 6.37. The minimum Gasteiger partial charge on any atom is -0.497 e. The zero-order valence-corrected chi connectivity index (χ0v) is 14.5. The summed E-state index contributed by atoms with van der Waals surface area (Å²) in [5.74, 6) is 1.50. The molecule has 0 spiro atoms. The number of nitrogens with one attached hydrogen (secondary N) is 1. The lowest BCUT2D eigenvalue weighted by Crippen LogP contribution is -2.18. The lowest BCUT2D eigenvalue weighted by Gasteiger charge is -2.20. The molecule has 2 aromatic rings. The molecular formula is C16H17BrClNO2. The molecule has 0 bridgehead atoms. The number of hydrogen-bond donors (Lipinski definition) is 1. The second-order valence-corrected chi connectivity index (χ2v) is 5.86. The Morgan fingerprint density at radius 2 is 1.67 bits per heavy atom. The Morgan fingerprint density at radius 1 is 1.05 bits per heavy atom. The van der Waals surface area contributed by atoms with E-state index < -0.39 is 0 Å². The summed E-state index contributed by atoms with van der Waals surface area (Å²) in [6, 6.07) is 11.6. The van der Waals surface area contributed by atoms with Gasteiger partial charge in [-0.3, -0.25) is 0 Å². The summed E-state index contributed by atoms with van der Waals surface area (Å²) in [5, 5.41) is 3.99. The molecule has 3 nitrogen and oxygen atoms in total. The molecule has 5 heteroatoms. The van der Waals surface area contributed by atoms with Gasteiger partial charge in [-0.15, -0.1) is 0 Å². The van der Waals surface area contributed by atoms with Crippen LogP contribution in [0.3, 0.4) is 0 Å². The van der Waals surface area contributed by atoms with Crippen molar-refractivity contribution >= 4 is 27.5 Å². The molecule has 1 N–H and O–H groups in total. The highest BCUT2D eigenvalue weighted by atomic mass is 79.9. The first kappa shape index (κ1) is 16.1. The Kier molecular flexibility index (Phi) is 5.51. The average Bonchev–Trinajstić information content (AvgIpc) is 2.49. The van der Waals surface area contributed by atoms with Crippen LogP contribution in [0.25, 0.3) is 0 Å². The van der Waals surface area contributed by atoms with Crippen molar-refractivity contribution in [1.29, 1.82) is 0 Å². The molecule has 2 aromatic carbocycles. The van der Waals surface area contributed by atoms with Gasteiger partial charge in [0.2, 0.25) is 0 Å². The first-order valence-corrected chi connectivity index (χ1v) is 7.61. The molecule has 0 aliphatic carbocycles. The van der Waals surface area contributed by atoms with Crippen LogP contribution >= 0.6 is 27.5 Å². The van der Waals surface area contributed by atoms with Crippen LogP contribution in [-0.2, 0) is 0 Å². The fraction of sp³-hybridized carbons (Fsp3) is 0.250. The van der Waals surface area contributed by atoms with Gasteiger partial charge in [0, 0.05) is 15.6 Å². The molecule has 0 fully saturated rings. The Morgan fingerprint density at radius 3 is 2.14 bits per heavy atom. The third-order valence-electron chi connectivity index (χ3n) is 3.27. The summed E-state index contributed by atoms with van der Waals surface area (Å²) < 4.78 is 11.6. The van der Waals surface area contributed by atoms with Gasteiger partial charge in [0.1, 0.15) is 11.5 Å². The fourth-order valence-electron chi connectivity index (χ4n) is 2.23. The summed E-state index contributed by atoms with van der Waals surface area (Å²) >= 11 is 9.79. The van der Waals surface area contributed by atoms with Crippen LogP contribution in [0.5, 0.6) is 11.5 Å². The number of methoxy groups -OCH3 is 2. The van der Waals surface area contributed by atoms with Gasteiger partial charge in [0.05, 0.1) is 20.3 Å². The molecule has 0 radical (unpaired) electrons. The van der Waals surface area contributed by atoms with E-state index in [2.05, 4.69) is 21.2 Å². The number of benzene rings is 2. The van der Waals surface area contributed by atoms with Gasteiger partial charge in [0.15, 0.2) is 0 Å². The SMILES string of the molecule is CNC(c1cc(OC)cc(OC)c1)c1ccc(Br)cc1Cl. The van der Waals surface area contributed by atoms with Crippen molar-refractivity contribution in [2.24, 2.45) is 0 Å². The third-order valence-corrected chi connectivity index (χ3v) is 4.09. The van der Waals surface area contributed by atoms with Crippen molar-refractivity contribution < 1.29 is 9.47 Å². The first-order valence-electron chi connectivity index (χ1n) is 6.44. The van der Waals surface area contributed by atoms with Crippen LogP contribution in [0.1, 0.15) is 17.2 Å². The van der Waals surface area contributed by atoms with Gasteiger partial charge in [0.25, 0.3) is 0 Å². The summed E-state index contributed by atoms with van der Waals surface area (Å²) in [6.45, 7) is 0. The van der Waals surface area contributed by atoms with E-state index in [4.69, 9.17) is 21.1 Å². The largest absolute Gasteiger partial charge is 0.497 e. The third kappa shape index (κ3) is 3.70. The molecule has 0 amide bonds. The summed E-state index contributed by atoms with van der Waals surface area (Å²) in [5.41, 5.74) is 2.02.